The molecule has 1 nitrogen and oxygen atoms in total. The van der Waals surface area contributed by atoms with Crippen molar-refractivity contribution in [3.05, 3.63) is 35.4 Å². The molecule has 0 aliphatic rings. The zero-order valence-corrected chi connectivity index (χ0v) is 7.64. The zero-order valence-electron chi connectivity index (χ0n) is 7.64. The predicted octanol–water partition coefficient (Wildman–Crippen LogP) is 2.28. The normalized spacial score (nSPS) is 11.8. The van der Waals surface area contributed by atoms with Crippen LogP contribution in [0.4, 0.5) is 8.78 Å². The number of hydrogen-bond acceptors (Lipinski definition) is 1. The summed E-state index contributed by atoms with van der Waals surface area (Å²) in [6.45, 7) is 3.11. The van der Waals surface area contributed by atoms with Crippen LogP contribution in [0.15, 0.2) is 18.2 Å². The van der Waals surface area contributed by atoms with Crippen molar-refractivity contribution in [1.29, 1.82) is 0 Å². The van der Waals surface area contributed by atoms with Crippen LogP contribution in [0.3, 0.4) is 0 Å². The molecular formula is C10H12F2O. The van der Waals surface area contributed by atoms with E-state index in [0.717, 1.165) is 18.2 Å². The van der Waals surface area contributed by atoms with Gasteiger partial charge in [0.15, 0.2) is 0 Å². The van der Waals surface area contributed by atoms with E-state index in [-0.39, 0.29) is 12.0 Å². The number of benzene rings is 1. The smallest absolute Gasteiger partial charge is 0.126 e. The van der Waals surface area contributed by atoms with Gasteiger partial charge in [-0.1, -0.05) is 0 Å². The molecular weight excluding hydrogens is 174 g/mol. The highest BCUT2D eigenvalue weighted by Crippen LogP contribution is 2.16. The Balaban J connectivity index is 2.94. The molecule has 13 heavy (non-hydrogen) atoms. The second-order valence-electron chi connectivity index (χ2n) is 3.72. The summed E-state index contributed by atoms with van der Waals surface area (Å²) in [7, 11) is 0. The van der Waals surface area contributed by atoms with Gasteiger partial charge in [0.2, 0.25) is 0 Å². The van der Waals surface area contributed by atoms with Crippen LogP contribution in [-0.4, -0.2) is 10.7 Å². The topological polar surface area (TPSA) is 20.2 Å². The van der Waals surface area contributed by atoms with Gasteiger partial charge in [0.25, 0.3) is 0 Å². The van der Waals surface area contributed by atoms with Gasteiger partial charge in [0.1, 0.15) is 11.6 Å². The Labute approximate surface area is 76.0 Å². The molecule has 0 radical (unpaired) electrons. The van der Waals surface area contributed by atoms with Crippen LogP contribution < -0.4 is 0 Å². The van der Waals surface area contributed by atoms with Crippen molar-refractivity contribution in [2.75, 3.05) is 0 Å². The minimum absolute atomic E-state index is 0.108. The van der Waals surface area contributed by atoms with Crippen LogP contribution in [0.1, 0.15) is 19.4 Å². The zero-order chi connectivity index (χ0) is 10.1. The summed E-state index contributed by atoms with van der Waals surface area (Å²) < 4.78 is 25.7. The van der Waals surface area contributed by atoms with E-state index in [0.29, 0.717) is 0 Å². The standard InChI is InChI=1S/C10H12F2O/c1-10(2,13)6-7-5-8(11)3-4-9(7)12/h3-5,13H,6H2,1-2H3. The molecule has 0 fully saturated rings. The molecule has 0 aliphatic carbocycles. The van der Waals surface area contributed by atoms with Gasteiger partial charge in [-0.2, -0.15) is 0 Å². The third-order valence-corrected chi connectivity index (χ3v) is 1.63. The first kappa shape index (κ1) is 10.1. The van der Waals surface area contributed by atoms with Crippen LogP contribution in [0.25, 0.3) is 0 Å². The molecule has 1 rings (SSSR count). The summed E-state index contributed by atoms with van der Waals surface area (Å²) in [5.74, 6) is -0.968. The van der Waals surface area contributed by atoms with Crippen LogP contribution in [0.5, 0.6) is 0 Å². The second kappa shape index (κ2) is 3.42. The van der Waals surface area contributed by atoms with Gasteiger partial charge in [-0.3, -0.25) is 0 Å². The monoisotopic (exact) mass is 186 g/mol. The van der Waals surface area contributed by atoms with E-state index in [1.54, 1.807) is 13.8 Å². The van der Waals surface area contributed by atoms with Gasteiger partial charge in [-0.15, -0.1) is 0 Å². The Bertz CT molecular complexity index is 302. The lowest BCUT2D eigenvalue weighted by Gasteiger charge is -2.17. The molecule has 0 amide bonds. The highest BCUT2D eigenvalue weighted by atomic mass is 19.1. The van der Waals surface area contributed by atoms with Crippen LogP contribution in [0, 0.1) is 11.6 Å². The average Bonchev–Trinajstić information content (AvgIpc) is 1.94. The molecule has 0 spiro atoms. The summed E-state index contributed by atoms with van der Waals surface area (Å²) >= 11 is 0. The molecule has 0 bridgehead atoms. The Morgan fingerprint density at radius 3 is 2.46 bits per heavy atom. The quantitative estimate of drug-likeness (QED) is 0.751. The van der Waals surface area contributed by atoms with Gasteiger partial charge in [-0.05, 0) is 37.6 Å². The SMILES string of the molecule is CC(C)(O)Cc1cc(F)ccc1F. The third kappa shape index (κ3) is 3.11. The lowest BCUT2D eigenvalue weighted by molar-refractivity contribution is 0.0799. The van der Waals surface area contributed by atoms with E-state index in [4.69, 9.17) is 0 Å². The van der Waals surface area contributed by atoms with Crippen molar-refractivity contribution >= 4 is 0 Å². The maximum absolute atomic E-state index is 13.0. The van der Waals surface area contributed by atoms with Crippen molar-refractivity contribution in [2.24, 2.45) is 0 Å². The predicted molar refractivity (Wildman–Crippen MR) is 46.4 cm³/mol. The lowest BCUT2D eigenvalue weighted by Crippen LogP contribution is -2.22. The Morgan fingerprint density at radius 1 is 1.31 bits per heavy atom. The molecule has 72 valence electrons. The first-order chi connectivity index (χ1) is 5.88. The van der Waals surface area contributed by atoms with Gasteiger partial charge in [-0.25, -0.2) is 8.78 Å². The largest absolute Gasteiger partial charge is 0.390 e. The molecule has 1 N–H and O–H groups in total. The van der Waals surface area contributed by atoms with Crippen molar-refractivity contribution < 1.29 is 13.9 Å². The summed E-state index contributed by atoms with van der Waals surface area (Å²) in [4.78, 5) is 0. The van der Waals surface area contributed by atoms with E-state index < -0.39 is 17.2 Å². The Hall–Kier alpha value is -0.960. The lowest BCUT2D eigenvalue weighted by atomic mass is 9.98. The molecule has 0 heterocycles. The van der Waals surface area contributed by atoms with Crippen molar-refractivity contribution in [2.45, 2.75) is 25.9 Å². The summed E-state index contributed by atoms with van der Waals surface area (Å²) in [5, 5.41) is 9.40. The van der Waals surface area contributed by atoms with E-state index in [2.05, 4.69) is 0 Å². The highest BCUT2D eigenvalue weighted by molar-refractivity contribution is 5.20. The molecule has 1 aromatic carbocycles. The van der Waals surface area contributed by atoms with Crippen LogP contribution >= 0.6 is 0 Å². The fraction of sp³-hybridized carbons (Fsp3) is 0.400. The fourth-order valence-electron chi connectivity index (χ4n) is 1.14. The molecule has 0 unspecified atom stereocenters. The molecule has 0 atom stereocenters. The number of halogens is 2. The second-order valence-corrected chi connectivity index (χ2v) is 3.72. The molecule has 0 aromatic heterocycles. The summed E-state index contributed by atoms with van der Waals surface area (Å²) in [6, 6.07) is 3.23. The van der Waals surface area contributed by atoms with E-state index in [9.17, 15) is 13.9 Å². The van der Waals surface area contributed by atoms with Crippen molar-refractivity contribution in [3.8, 4) is 0 Å². The number of aliphatic hydroxyl groups is 1. The van der Waals surface area contributed by atoms with E-state index in [1.807, 2.05) is 0 Å². The van der Waals surface area contributed by atoms with Gasteiger partial charge in [0, 0.05) is 6.42 Å². The van der Waals surface area contributed by atoms with Crippen molar-refractivity contribution in [3.63, 3.8) is 0 Å². The highest BCUT2D eigenvalue weighted by Gasteiger charge is 2.16. The Morgan fingerprint density at radius 2 is 1.92 bits per heavy atom. The first-order valence-corrected chi connectivity index (χ1v) is 4.05. The molecule has 1 aromatic rings. The summed E-state index contributed by atoms with van der Waals surface area (Å²) in [5.41, 5.74) is -0.818. The average molecular weight is 186 g/mol. The fourth-order valence-corrected chi connectivity index (χ4v) is 1.14. The van der Waals surface area contributed by atoms with E-state index >= 15 is 0 Å². The Kier molecular flexibility index (Phi) is 2.66. The number of hydrogen-bond donors (Lipinski definition) is 1. The van der Waals surface area contributed by atoms with Crippen molar-refractivity contribution in [1.82, 2.24) is 0 Å². The van der Waals surface area contributed by atoms with E-state index in [1.165, 1.54) is 0 Å². The third-order valence-electron chi connectivity index (χ3n) is 1.63. The molecule has 0 saturated heterocycles. The number of rotatable bonds is 2. The van der Waals surface area contributed by atoms with Crippen LogP contribution in [-0.2, 0) is 6.42 Å². The minimum atomic E-state index is -1.02. The first-order valence-electron chi connectivity index (χ1n) is 4.05. The molecule has 3 heteroatoms. The van der Waals surface area contributed by atoms with Gasteiger partial charge < -0.3 is 5.11 Å². The van der Waals surface area contributed by atoms with Gasteiger partial charge >= 0.3 is 0 Å². The summed E-state index contributed by atoms with van der Waals surface area (Å²) in [6.07, 6.45) is 0.108. The maximum atomic E-state index is 13.0. The molecule has 0 saturated carbocycles. The molecule has 0 aliphatic heterocycles. The maximum Gasteiger partial charge on any atom is 0.126 e. The van der Waals surface area contributed by atoms with Crippen LogP contribution in [0.2, 0.25) is 0 Å². The van der Waals surface area contributed by atoms with Gasteiger partial charge in [0.05, 0.1) is 5.60 Å². The minimum Gasteiger partial charge on any atom is -0.390 e.